The van der Waals surface area contributed by atoms with Crippen molar-refractivity contribution in [1.29, 1.82) is 0 Å². The van der Waals surface area contributed by atoms with E-state index in [0.717, 1.165) is 37.4 Å². The summed E-state index contributed by atoms with van der Waals surface area (Å²) >= 11 is 0. The van der Waals surface area contributed by atoms with Crippen molar-refractivity contribution in [3.8, 4) is 5.75 Å². The molecule has 3 aromatic rings. The molecule has 1 saturated carbocycles. The predicted octanol–water partition coefficient (Wildman–Crippen LogP) is 7.43. The summed E-state index contributed by atoms with van der Waals surface area (Å²) in [4.78, 5) is 8.09. The summed E-state index contributed by atoms with van der Waals surface area (Å²) in [6.45, 7) is 2.44. The third-order valence-corrected chi connectivity index (χ3v) is 5.77. The van der Waals surface area contributed by atoms with Gasteiger partial charge in [0.2, 0.25) is 5.95 Å². The molecule has 0 amide bonds. The summed E-state index contributed by atoms with van der Waals surface area (Å²) in [5.41, 5.74) is 1.43. The Kier molecular flexibility index (Phi) is 7.01. The van der Waals surface area contributed by atoms with Crippen molar-refractivity contribution in [2.24, 2.45) is 0 Å². The second-order valence-electron chi connectivity index (χ2n) is 8.08. The fourth-order valence-corrected chi connectivity index (χ4v) is 4.18. The molecule has 1 aromatic heterocycles. The van der Waals surface area contributed by atoms with Crippen LogP contribution in [0.3, 0.4) is 0 Å². The lowest BCUT2D eigenvalue weighted by molar-refractivity contribution is -0.137. The number of nitrogens with one attached hydrogen (secondary N) is 2. The van der Waals surface area contributed by atoms with Crippen molar-refractivity contribution in [3.63, 3.8) is 0 Å². The van der Waals surface area contributed by atoms with Crippen LogP contribution in [-0.4, -0.2) is 16.6 Å². The van der Waals surface area contributed by atoms with E-state index in [0.29, 0.717) is 29.6 Å². The molecule has 0 atom stereocenters. The Bertz CT molecular complexity index is 1060. The molecule has 1 fully saturated rings. The van der Waals surface area contributed by atoms with Gasteiger partial charge in [-0.05, 0) is 61.6 Å². The van der Waals surface area contributed by atoms with Crippen LogP contribution < -0.4 is 15.4 Å². The number of rotatable bonds is 7. The zero-order valence-corrected chi connectivity index (χ0v) is 18.5. The number of hydrogen-bond acceptors (Lipinski definition) is 5. The Morgan fingerprint density at radius 2 is 1.70 bits per heavy atom. The van der Waals surface area contributed by atoms with Crippen LogP contribution in [0.1, 0.15) is 56.1 Å². The SMILES string of the molecule is CCOc1ccc(Nc2ncc(C(F)(F)F)c(Nc3ccccc3C3CCCCC3)n2)cc1. The molecular weight excluding hydrogens is 429 g/mol. The van der Waals surface area contributed by atoms with E-state index in [4.69, 9.17) is 4.74 Å². The first-order valence-corrected chi connectivity index (χ1v) is 11.2. The van der Waals surface area contributed by atoms with E-state index in [-0.39, 0.29) is 11.8 Å². The summed E-state index contributed by atoms with van der Waals surface area (Å²) in [5.74, 6) is 0.845. The topological polar surface area (TPSA) is 59.1 Å². The summed E-state index contributed by atoms with van der Waals surface area (Å²) in [6.07, 6.45) is 1.79. The van der Waals surface area contributed by atoms with Gasteiger partial charge in [0.15, 0.2) is 0 Å². The molecule has 8 heteroatoms. The highest BCUT2D eigenvalue weighted by Crippen LogP contribution is 2.39. The van der Waals surface area contributed by atoms with E-state index in [1.54, 1.807) is 24.3 Å². The summed E-state index contributed by atoms with van der Waals surface area (Å²) in [5, 5.41) is 5.94. The van der Waals surface area contributed by atoms with Gasteiger partial charge in [-0.15, -0.1) is 0 Å². The quantitative estimate of drug-likeness (QED) is 0.387. The van der Waals surface area contributed by atoms with Gasteiger partial charge in [-0.3, -0.25) is 0 Å². The van der Waals surface area contributed by atoms with Gasteiger partial charge in [0.05, 0.1) is 6.61 Å². The molecule has 0 radical (unpaired) electrons. The molecule has 33 heavy (non-hydrogen) atoms. The number of anilines is 4. The fraction of sp³-hybridized carbons (Fsp3) is 0.360. The van der Waals surface area contributed by atoms with E-state index in [1.807, 2.05) is 31.2 Å². The van der Waals surface area contributed by atoms with E-state index in [9.17, 15) is 13.2 Å². The normalized spacial score (nSPS) is 14.7. The highest BCUT2D eigenvalue weighted by molar-refractivity contribution is 5.66. The first kappa shape index (κ1) is 22.9. The Morgan fingerprint density at radius 1 is 0.970 bits per heavy atom. The highest BCUT2D eigenvalue weighted by Gasteiger charge is 2.35. The molecule has 2 N–H and O–H groups in total. The molecule has 0 aliphatic heterocycles. The summed E-state index contributed by atoms with van der Waals surface area (Å²) in [7, 11) is 0. The molecule has 174 valence electrons. The third kappa shape index (κ3) is 5.74. The number of halogens is 3. The van der Waals surface area contributed by atoms with Crippen LogP contribution in [0.25, 0.3) is 0 Å². The van der Waals surface area contributed by atoms with E-state index in [2.05, 4.69) is 20.6 Å². The van der Waals surface area contributed by atoms with Crippen molar-refractivity contribution in [1.82, 2.24) is 9.97 Å². The Labute approximate surface area is 191 Å². The van der Waals surface area contributed by atoms with Crippen molar-refractivity contribution in [2.45, 2.75) is 51.1 Å². The molecule has 0 bridgehead atoms. The summed E-state index contributed by atoms with van der Waals surface area (Å²) < 4.78 is 46.6. The number of alkyl halides is 3. The molecule has 4 rings (SSSR count). The van der Waals surface area contributed by atoms with Crippen molar-refractivity contribution in [3.05, 3.63) is 65.9 Å². The van der Waals surface area contributed by atoms with E-state index in [1.165, 1.54) is 6.42 Å². The minimum Gasteiger partial charge on any atom is -0.494 e. The first-order valence-electron chi connectivity index (χ1n) is 11.2. The molecular formula is C25H27F3N4O. The smallest absolute Gasteiger partial charge is 0.421 e. The summed E-state index contributed by atoms with van der Waals surface area (Å²) in [6, 6.07) is 14.6. The van der Waals surface area contributed by atoms with Crippen molar-refractivity contribution < 1.29 is 17.9 Å². The van der Waals surface area contributed by atoms with Crippen LogP contribution in [0.4, 0.5) is 36.3 Å². The van der Waals surface area contributed by atoms with Crippen LogP contribution in [0.5, 0.6) is 5.75 Å². The van der Waals surface area contributed by atoms with Gasteiger partial charge in [-0.2, -0.15) is 18.2 Å². The lowest BCUT2D eigenvalue weighted by Gasteiger charge is -2.25. The molecule has 1 aliphatic carbocycles. The number of benzene rings is 2. The van der Waals surface area contributed by atoms with Crippen molar-refractivity contribution in [2.75, 3.05) is 17.2 Å². The Balaban J connectivity index is 1.63. The van der Waals surface area contributed by atoms with Crippen LogP contribution in [0.15, 0.2) is 54.7 Å². The zero-order chi connectivity index (χ0) is 23.3. The van der Waals surface area contributed by atoms with Gasteiger partial charge in [-0.1, -0.05) is 37.5 Å². The number of para-hydroxylation sites is 1. The minimum absolute atomic E-state index is 0.0739. The predicted molar refractivity (Wildman–Crippen MR) is 123 cm³/mol. The first-order chi connectivity index (χ1) is 15.9. The van der Waals surface area contributed by atoms with Crippen LogP contribution in [0, 0.1) is 0 Å². The van der Waals surface area contributed by atoms with Gasteiger partial charge < -0.3 is 15.4 Å². The average molecular weight is 457 g/mol. The average Bonchev–Trinajstić information content (AvgIpc) is 2.81. The molecule has 0 spiro atoms. The number of ether oxygens (including phenoxy) is 1. The number of hydrogen-bond donors (Lipinski definition) is 2. The minimum atomic E-state index is -4.58. The molecule has 0 saturated heterocycles. The lowest BCUT2D eigenvalue weighted by atomic mass is 9.83. The highest BCUT2D eigenvalue weighted by atomic mass is 19.4. The van der Waals surface area contributed by atoms with Gasteiger partial charge in [0.1, 0.15) is 17.1 Å². The number of nitrogens with zero attached hydrogens (tertiary/aromatic N) is 2. The van der Waals surface area contributed by atoms with Gasteiger partial charge in [-0.25, -0.2) is 4.98 Å². The molecule has 1 aliphatic rings. The van der Waals surface area contributed by atoms with Gasteiger partial charge in [0, 0.05) is 17.6 Å². The fourth-order valence-electron chi connectivity index (χ4n) is 4.18. The van der Waals surface area contributed by atoms with Crippen LogP contribution in [0.2, 0.25) is 0 Å². The molecule has 1 heterocycles. The third-order valence-electron chi connectivity index (χ3n) is 5.77. The zero-order valence-electron chi connectivity index (χ0n) is 18.5. The number of aromatic nitrogens is 2. The largest absolute Gasteiger partial charge is 0.494 e. The maximum absolute atomic E-state index is 13.7. The molecule has 2 aromatic carbocycles. The van der Waals surface area contributed by atoms with Gasteiger partial charge >= 0.3 is 6.18 Å². The van der Waals surface area contributed by atoms with E-state index < -0.39 is 11.7 Å². The second-order valence-corrected chi connectivity index (χ2v) is 8.08. The second kappa shape index (κ2) is 10.1. The molecule has 0 unspecified atom stereocenters. The Morgan fingerprint density at radius 3 is 2.39 bits per heavy atom. The van der Waals surface area contributed by atoms with Crippen LogP contribution in [-0.2, 0) is 6.18 Å². The maximum Gasteiger partial charge on any atom is 0.421 e. The van der Waals surface area contributed by atoms with Gasteiger partial charge in [0.25, 0.3) is 0 Å². The van der Waals surface area contributed by atoms with Crippen LogP contribution >= 0.6 is 0 Å². The van der Waals surface area contributed by atoms with E-state index >= 15 is 0 Å². The lowest BCUT2D eigenvalue weighted by Crippen LogP contribution is -2.14. The van der Waals surface area contributed by atoms with Crippen molar-refractivity contribution >= 4 is 23.1 Å². The standard InChI is InChI=1S/C25H27F3N4O/c1-2-33-19-14-12-18(13-15-19)30-24-29-16-21(25(26,27)28)23(32-24)31-22-11-7-6-10-20(22)17-8-4-3-5-9-17/h6-7,10-17H,2-5,8-9H2,1H3,(H2,29,30,31,32). The monoisotopic (exact) mass is 456 g/mol. The maximum atomic E-state index is 13.7. The Hall–Kier alpha value is -3.29. The molecule has 5 nitrogen and oxygen atoms in total.